The third kappa shape index (κ3) is 3.17. The molecule has 0 aliphatic carbocycles. The molecule has 0 radical (unpaired) electrons. The van der Waals surface area contributed by atoms with Gasteiger partial charge in [0.25, 0.3) is 0 Å². The first-order chi connectivity index (χ1) is 9.52. The summed E-state index contributed by atoms with van der Waals surface area (Å²) in [6.07, 6.45) is 4.95. The van der Waals surface area contributed by atoms with Crippen LogP contribution in [0.2, 0.25) is 0 Å². The topological polar surface area (TPSA) is 71.2 Å². The Morgan fingerprint density at radius 3 is 2.70 bits per heavy atom. The molecule has 0 saturated carbocycles. The van der Waals surface area contributed by atoms with Gasteiger partial charge in [-0.05, 0) is 39.5 Å². The van der Waals surface area contributed by atoms with E-state index < -0.39 is 6.10 Å². The lowest BCUT2D eigenvalue weighted by Gasteiger charge is -2.39. The average molecular weight is 280 g/mol. The summed E-state index contributed by atoms with van der Waals surface area (Å²) in [6, 6.07) is 0.575. The molecule has 6 heteroatoms. The molecule has 1 aromatic rings. The molecule has 1 saturated heterocycles. The highest BCUT2D eigenvalue weighted by molar-refractivity contribution is 5.76. The number of aliphatic hydroxyl groups is 1. The van der Waals surface area contributed by atoms with Crippen LogP contribution in [0.25, 0.3) is 0 Å². The first kappa shape index (κ1) is 15.0. The number of hydrogen-bond donors (Lipinski definition) is 1. The van der Waals surface area contributed by atoms with Gasteiger partial charge in [0.2, 0.25) is 5.91 Å². The van der Waals surface area contributed by atoms with Crippen LogP contribution in [-0.4, -0.2) is 43.0 Å². The van der Waals surface area contributed by atoms with E-state index in [0.29, 0.717) is 12.1 Å². The third-order valence-electron chi connectivity index (χ3n) is 4.06. The molecule has 1 fully saturated rings. The zero-order chi connectivity index (χ0) is 14.7. The van der Waals surface area contributed by atoms with E-state index in [4.69, 9.17) is 0 Å². The molecule has 0 bridgehead atoms. The van der Waals surface area contributed by atoms with Crippen molar-refractivity contribution in [3.63, 3.8) is 0 Å². The zero-order valence-corrected chi connectivity index (χ0v) is 12.5. The van der Waals surface area contributed by atoms with Crippen LogP contribution in [0.4, 0.5) is 0 Å². The molecule has 1 amide bonds. The molecule has 1 aliphatic heterocycles. The first-order valence-electron chi connectivity index (χ1n) is 7.42. The van der Waals surface area contributed by atoms with Gasteiger partial charge in [0.1, 0.15) is 12.2 Å². The average Bonchev–Trinajstić information content (AvgIpc) is 2.86. The van der Waals surface area contributed by atoms with E-state index in [1.54, 1.807) is 6.20 Å². The lowest BCUT2D eigenvalue weighted by Crippen LogP contribution is -2.48. The van der Waals surface area contributed by atoms with E-state index in [2.05, 4.69) is 24.2 Å². The van der Waals surface area contributed by atoms with Crippen molar-refractivity contribution in [2.75, 3.05) is 0 Å². The number of carbonyl (C=O) groups excluding carboxylic acids is 1. The summed E-state index contributed by atoms with van der Waals surface area (Å²) in [4.78, 5) is 14.4. The molecule has 112 valence electrons. The van der Waals surface area contributed by atoms with Gasteiger partial charge in [-0.15, -0.1) is 5.10 Å². The van der Waals surface area contributed by atoms with Crippen molar-refractivity contribution in [3.8, 4) is 0 Å². The van der Waals surface area contributed by atoms with Crippen LogP contribution < -0.4 is 0 Å². The molecule has 3 unspecified atom stereocenters. The number of likely N-dealkylation sites (tertiary alicyclic amines) is 1. The van der Waals surface area contributed by atoms with Crippen LogP contribution in [0.15, 0.2) is 6.20 Å². The van der Waals surface area contributed by atoms with Crippen LogP contribution in [-0.2, 0) is 11.3 Å². The fourth-order valence-electron chi connectivity index (χ4n) is 2.89. The fourth-order valence-corrected chi connectivity index (χ4v) is 2.89. The Balaban J connectivity index is 2.01. The monoisotopic (exact) mass is 280 g/mol. The van der Waals surface area contributed by atoms with Crippen LogP contribution in [0.5, 0.6) is 0 Å². The van der Waals surface area contributed by atoms with E-state index in [1.165, 1.54) is 11.1 Å². The van der Waals surface area contributed by atoms with Crippen molar-refractivity contribution in [3.05, 3.63) is 11.9 Å². The van der Waals surface area contributed by atoms with Gasteiger partial charge in [0, 0.05) is 12.1 Å². The summed E-state index contributed by atoms with van der Waals surface area (Å²) < 4.78 is 1.52. The number of rotatable bonds is 4. The minimum atomic E-state index is -0.605. The lowest BCUT2D eigenvalue weighted by molar-refractivity contribution is -0.138. The van der Waals surface area contributed by atoms with Crippen LogP contribution in [0, 0.1) is 0 Å². The second-order valence-corrected chi connectivity index (χ2v) is 5.69. The number of aromatic nitrogens is 3. The fraction of sp³-hybridized carbons (Fsp3) is 0.786. The molecule has 0 spiro atoms. The normalized spacial score (nSPS) is 24.7. The molecular weight excluding hydrogens is 256 g/mol. The Labute approximate surface area is 119 Å². The van der Waals surface area contributed by atoms with Crippen molar-refractivity contribution >= 4 is 5.91 Å². The smallest absolute Gasteiger partial charge is 0.244 e. The van der Waals surface area contributed by atoms with Crippen molar-refractivity contribution in [2.24, 2.45) is 0 Å². The number of carbonyl (C=O) groups is 1. The van der Waals surface area contributed by atoms with Gasteiger partial charge in [-0.2, -0.15) is 0 Å². The summed E-state index contributed by atoms with van der Waals surface area (Å²) in [5.74, 6) is 0.0761. The maximum Gasteiger partial charge on any atom is 0.244 e. The van der Waals surface area contributed by atoms with E-state index in [1.807, 2.05) is 11.8 Å². The quantitative estimate of drug-likeness (QED) is 0.907. The Morgan fingerprint density at radius 2 is 2.10 bits per heavy atom. The standard InChI is InChI=1S/C14H24N4O2/c1-4-13(19)12-8-17(16-15-12)9-14(20)18-10(2)6-5-7-11(18)3/h8,10-11,13,19H,4-7,9H2,1-3H3. The Bertz CT molecular complexity index is 450. The SMILES string of the molecule is CCC(O)c1cn(CC(=O)N2C(C)CCCC2C)nn1. The van der Waals surface area contributed by atoms with Crippen LogP contribution in [0.3, 0.4) is 0 Å². The highest BCUT2D eigenvalue weighted by Gasteiger charge is 2.29. The Kier molecular flexibility index (Phi) is 4.75. The molecule has 3 atom stereocenters. The van der Waals surface area contributed by atoms with E-state index >= 15 is 0 Å². The van der Waals surface area contributed by atoms with Gasteiger partial charge >= 0.3 is 0 Å². The lowest BCUT2D eigenvalue weighted by atomic mass is 9.97. The second-order valence-electron chi connectivity index (χ2n) is 5.69. The molecule has 1 N–H and O–H groups in total. The first-order valence-corrected chi connectivity index (χ1v) is 7.42. The number of aliphatic hydroxyl groups excluding tert-OH is 1. The summed E-state index contributed by atoms with van der Waals surface area (Å²) in [5, 5.41) is 17.5. The maximum atomic E-state index is 12.4. The molecule has 6 nitrogen and oxygen atoms in total. The minimum Gasteiger partial charge on any atom is -0.387 e. The minimum absolute atomic E-state index is 0.0761. The number of hydrogen-bond acceptors (Lipinski definition) is 4. The van der Waals surface area contributed by atoms with Gasteiger partial charge in [-0.3, -0.25) is 4.79 Å². The largest absolute Gasteiger partial charge is 0.387 e. The predicted molar refractivity (Wildman–Crippen MR) is 74.9 cm³/mol. The Morgan fingerprint density at radius 1 is 1.45 bits per heavy atom. The molecule has 1 aromatic heterocycles. The van der Waals surface area contributed by atoms with Gasteiger partial charge in [0.15, 0.2) is 0 Å². The molecular formula is C14H24N4O2. The van der Waals surface area contributed by atoms with Gasteiger partial charge in [-0.25, -0.2) is 4.68 Å². The van der Waals surface area contributed by atoms with E-state index in [9.17, 15) is 9.90 Å². The predicted octanol–water partition coefficient (Wildman–Crippen LogP) is 1.51. The van der Waals surface area contributed by atoms with Crippen molar-refractivity contribution in [1.29, 1.82) is 0 Å². The number of nitrogens with zero attached hydrogens (tertiary/aromatic N) is 4. The Hall–Kier alpha value is -1.43. The van der Waals surface area contributed by atoms with Crippen molar-refractivity contribution in [2.45, 2.75) is 71.2 Å². The molecule has 1 aliphatic rings. The molecule has 20 heavy (non-hydrogen) atoms. The highest BCUT2D eigenvalue weighted by Crippen LogP contribution is 2.22. The summed E-state index contributed by atoms with van der Waals surface area (Å²) in [7, 11) is 0. The van der Waals surface area contributed by atoms with E-state index in [-0.39, 0.29) is 24.5 Å². The van der Waals surface area contributed by atoms with Crippen molar-refractivity contribution in [1.82, 2.24) is 19.9 Å². The van der Waals surface area contributed by atoms with Gasteiger partial charge in [0.05, 0.1) is 12.3 Å². The van der Waals surface area contributed by atoms with E-state index in [0.717, 1.165) is 12.8 Å². The number of piperidine rings is 1. The molecule has 0 aromatic carbocycles. The van der Waals surface area contributed by atoms with Crippen LogP contribution >= 0.6 is 0 Å². The van der Waals surface area contributed by atoms with Crippen LogP contribution in [0.1, 0.15) is 58.3 Å². The van der Waals surface area contributed by atoms with Gasteiger partial charge < -0.3 is 10.0 Å². The molecule has 2 rings (SSSR count). The second kappa shape index (κ2) is 6.35. The number of amides is 1. The zero-order valence-electron chi connectivity index (χ0n) is 12.5. The molecule has 2 heterocycles. The highest BCUT2D eigenvalue weighted by atomic mass is 16.3. The maximum absolute atomic E-state index is 12.4. The summed E-state index contributed by atoms with van der Waals surface area (Å²) >= 11 is 0. The summed E-state index contributed by atoms with van der Waals surface area (Å²) in [5.41, 5.74) is 0.528. The van der Waals surface area contributed by atoms with Crippen molar-refractivity contribution < 1.29 is 9.90 Å². The third-order valence-corrected chi connectivity index (χ3v) is 4.06. The van der Waals surface area contributed by atoms with Gasteiger partial charge in [-0.1, -0.05) is 12.1 Å². The summed E-state index contributed by atoms with van der Waals surface area (Å²) in [6.45, 7) is 6.27.